The number of benzene rings is 1. The number of nitrogens with zero attached hydrogens (tertiary/aromatic N) is 2. The standard InChI is InChI=1S/C22H29N3O2S/c1-2-3-4-5-7-13-24-22(28)25(16-19-9-6-8-12-23-19)15-18-10-11-20-21(14-18)27-17-26-20/h6,8-12,14H,2-5,7,13,15-17H2,1H3,(H,24,28). The van der Waals surface area contributed by atoms with E-state index in [1.54, 1.807) is 0 Å². The van der Waals surface area contributed by atoms with Crippen molar-refractivity contribution >= 4 is 17.3 Å². The first-order chi connectivity index (χ1) is 13.8. The Hall–Kier alpha value is -2.34. The second-order valence-corrected chi connectivity index (χ2v) is 7.40. The van der Waals surface area contributed by atoms with Crippen LogP contribution in [0.25, 0.3) is 0 Å². The third-order valence-corrected chi connectivity index (χ3v) is 5.14. The summed E-state index contributed by atoms with van der Waals surface area (Å²) >= 11 is 5.71. The van der Waals surface area contributed by atoms with Gasteiger partial charge in [-0.2, -0.15) is 0 Å². The molecule has 28 heavy (non-hydrogen) atoms. The van der Waals surface area contributed by atoms with Crippen molar-refractivity contribution in [2.24, 2.45) is 0 Å². The molecular formula is C22H29N3O2S. The van der Waals surface area contributed by atoms with Gasteiger partial charge >= 0.3 is 0 Å². The Labute approximate surface area is 173 Å². The van der Waals surface area contributed by atoms with E-state index in [4.69, 9.17) is 21.7 Å². The molecule has 3 rings (SSSR count). The predicted octanol–water partition coefficient (Wildman–Crippen LogP) is 4.66. The van der Waals surface area contributed by atoms with Crippen molar-refractivity contribution in [2.45, 2.75) is 52.1 Å². The second kappa shape index (κ2) is 10.9. The fourth-order valence-corrected chi connectivity index (χ4v) is 3.41. The minimum absolute atomic E-state index is 0.286. The average molecular weight is 400 g/mol. The van der Waals surface area contributed by atoms with Gasteiger partial charge in [0.1, 0.15) is 0 Å². The number of rotatable bonds is 10. The number of unbranched alkanes of at least 4 members (excludes halogenated alkanes) is 4. The fraction of sp³-hybridized carbons (Fsp3) is 0.455. The van der Waals surface area contributed by atoms with E-state index in [0.29, 0.717) is 13.1 Å². The van der Waals surface area contributed by atoms with Crippen molar-refractivity contribution in [1.82, 2.24) is 15.2 Å². The van der Waals surface area contributed by atoms with Gasteiger partial charge in [-0.3, -0.25) is 4.98 Å². The molecule has 0 saturated carbocycles. The second-order valence-electron chi connectivity index (χ2n) is 7.01. The van der Waals surface area contributed by atoms with Crippen LogP contribution in [-0.4, -0.2) is 28.3 Å². The molecule has 0 radical (unpaired) electrons. The van der Waals surface area contributed by atoms with E-state index < -0.39 is 0 Å². The molecular weight excluding hydrogens is 370 g/mol. The highest BCUT2D eigenvalue weighted by atomic mass is 32.1. The summed E-state index contributed by atoms with van der Waals surface area (Å²) in [6, 6.07) is 12.0. The van der Waals surface area contributed by atoms with Gasteiger partial charge in [0.25, 0.3) is 0 Å². The fourth-order valence-electron chi connectivity index (χ4n) is 3.18. The Morgan fingerprint density at radius 3 is 2.75 bits per heavy atom. The normalized spacial score (nSPS) is 12.0. The van der Waals surface area contributed by atoms with Crippen LogP contribution < -0.4 is 14.8 Å². The number of pyridine rings is 1. The van der Waals surface area contributed by atoms with Gasteiger partial charge < -0.3 is 19.7 Å². The van der Waals surface area contributed by atoms with E-state index in [1.807, 2.05) is 36.5 Å². The smallest absolute Gasteiger partial charge is 0.231 e. The zero-order valence-electron chi connectivity index (χ0n) is 16.5. The maximum Gasteiger partial charge on any atom is 0.231 e. The highest BCUT2D eigenvalue weighted by Crippen LogP contribution is 2.32. The highest BCUT2D eigenvalue weighted by Gasteiger charge is 2.16. The summed E-state index contributed by atoms with van der Waals surface area (Å²) in [7, 11) is 0. The van der Waals surface area contributed by atoms with Crippen LogP contribution in [0.3, 0.4) is 0 Å². The molecule has 0 atom stereocenters. The largest absolute Gasteiger partial charge is 0.454 e. The Kier molecular flexibility index (Phi) is 7.91. The molecule has 0 bridgehead atoms. The summed E-state index contributed by atoms with van der Waals surface area (Å²) < 4.78 is 10.9. The molecule has 150 valence electrons. The third kappa shape index (κ3) is 6.09. The van der Waals surface area contributed by atoms with Crippen LogP contribution in [0.1, 0.15) is 50.3 Å². The number of fused-ring (bicyclic) bond motifs is 1. The van der Waals surface area contributed by atoms with E-state index in [2.05, 4.69) is 28.2 Å². The summed E-state index contributed by atoms with van der Waals surface area (Å²) in [5.41, 5.74) is 2.13. The molecule has 5 nitrogen and oxygen atoms in total. The van der Waals surface area contributed by atoms with Crippen molar-refractivity contribution in [3.8, 4) is 11.5 Å². The van der Waals surface area contributed by atoms with Crippen LogP contribution in [0.15, 0.2) is 42.6 Å². The summed E-state index contributed by atoms with van der Waals surface area (Å²) in [6.45, 7) is 4.78. The van der Waals surface area contributed by atoms with Crippen LogP contribution >= 0.6 is 12.2 Å². The first-order valence-corrected chi connectivity index (χ1v) is 10.5. The Bertz CT molecular complexity index is 755. The zero-order valence-corrected chi connectivity index (χ0v) is 17.3. The quantitative estimate of drug-likeness (QED) is 0.463. The van der Waals surface area contributed by atoms with Gasteiger partial charge in [0.15, 0.2) is 16.6 Å². The molecule has 0 fully saturated rings. The minimum atomic E-state index is 0.286. The first kappa shape index (κ1) is 20.4. The molecule has 2 aromatic rings. The molecule has 0 aliphatic carbocycles. The number of nitrogens with one attached hydrogen (secondary N) is 1. The number of hydrogen-bond acceptors (Lipinski definition) is 4. The van der Waals surface area contributed by atoms with Gasteiger partial charge in [-0.1, -0.05) is 44.7 Å². The lowest BCUT2D eigenvalue weighted by Gasteiger charge is -2.26. The lowest BCUT2D eigenvalue weighted by molar-refractivity contribution is 0.174. The lowest BCUT2D eigenvalue weighted by atomic mass is 10.1. The van der Waals surface area contributed by atoms with Gasteiger partial charge in [-0.25, -0.2) is 0 Å². The maximum absolute atomic E-state index is 5.71. The van der Waals surface area contributed by atoms with Gasteiger partial charge in [0.05, 0.1) is 12.2 Å². The minimum Gasteiger partial charge on any atom is -0.454 e. The average Bonchev–Trinajstić information content (AvgIpc) is 3.18. The van der Waals surface area contributed by atoms with Crippen molar-refractivity contribution in [3.05, 3.63) is 53.9 Å². The monoisotopic (exact) mass is 399 g/mol. The molecule has 0 unspecified atom stereocenters. The molecule has 0 spiro atoms. The van der Waals surface area contributed by atoms with Gasteiger partial charge in [0.2, 0.25) is 6.79 Å². The predicted molar refractivity (Wildman–Crippen MR) is 115 cm³/mol. The summed E-state index contributed by atoms with van der Waals surface area (Å²) in [5.74, 6) is 1.60. The van der Waals surface area contributed by atoms with E-state index >= 15 is 0 Å². The van der Waals surface area contributed by atoms with Crippen LogP contribution in [0, 0.1) is 0 Å². The van der Waals surface area contributed by atoms with Crippen LogP contribution in [-0.2, 0) is 13.1 Å². The molecule has 1 N–H and O–H groups in total. The Morgan fingerprint density at radius 1 is 1.07 bits per heavy atom. The van der Waals surface area contributed by atoms with Crippen molar-refractivity contribution in [2.75, 3.05) is 13.3 Å². The molecule has 1 aromatic heterocycles. The van der Waals surface area contributed by atoms with E-state index in [9.17, 15) is 0 Å². The van der Waals surface area contributed by atoms with Gasteiger partial charge in [-0.15, -0.1) is 0 Å². The maximum atomic E-state index is 5.71. The van der Waals surface area contributed by atoms with E-state index in [1.165, 1.54) is 25.7 Å². The van der Waals surface area contributed by atoms with Crippen molar-refractivity contribution in [1.29, 1.82) is 0 Å². The van der Waals surface area contributed by atoms with Crippen LogP contribution in [0.4, 0.5) is 0 Å². The zero-order chi connectivity index (χ0) is 19.6. The number of ether oxygens (including phenoxy) is 2. The topological polar surface area (TPSA) is 46.6 Å². The highest BCUT2D eigenvalue weighted by molar-refractivity contribution is 7.80. The molecule has 1 aliphatic rings. The molecule has 1 aromatic carbocycles. The molecule has 1 aliphatic heterocycles. The summed E-state index contributed by atoms with van der Waals surface area (Å²) in [4.78, 5) is 6.61. The molecule has 0 saturated heterocycles. The number of hydrogen-bond donors (Lipinski definition) is 1. The van der Waals surface area contributed by atoms with Crippen LogP contribution in [0.2, 0.25) is 0 Å². The third-order valence-electron chi connectivity index (χ3n) is 4.73. The van der Waals surface area contributed by atoms with E-state index in [0.717, 1.165) is 40.8 Å². The van der Waals surface area contributed by atoms with Crippen molar-refractivity contribution < 1.29 is 9.47 Å². The first-order valence-electron chi connectivity index (χ1n) is 10.1. The van der Waals surface area contributed by atoms with Gasteiger partial charge in [0, 0.05) is 19.3 Å². The summed E-state index contributed by atoms with van der Waals surface area (Å²) in [5, 5.41) is 4.19. The molecule has 6 heteroatoms. The summed E-state index contributed by atoms with van der Waals surface area (Å²) in [6.07, 6.45) is 8.06. The van der Waals surface area contributed by atoms with Crippen molar-refractivity contribution in [3.63, 3.8) is 0 Å². The SMILES string of the molecule is CCCCCCCNC(=S)N(Cc1ccc2c(c1)OCO2)Cc1ccccn1. The Morgan fingerprint density at radius 2 is 1.93 bits per heavy atom. The van der Waals surface area contributed by atoms with Gasteiger partial charge in [-0.05, 0) is 48.5 Å². The van der Waals surface area contributed by atoms with Crippen LogP contribution in [0.5, 0.6) is 11.5 Å². The lowest BCUT2D eigenvalue weighted by Crippen LogP contribution is -2.39. The Balaban J connectivity index is 1.60. The molecule has 0 amide bonds. The number of thiocarbonyl (C=S) groups is 1. The molecule has 2 heterocycles. The number of aromatic nitrogens is 1. The van der Waals surface area contributed by atoms with E-state index in [-0.39, 0.29) is 6.79 Å².